The minimum atomic E-state index is -2.79. The zero-order valence-electron chi connectivity index (χ0n) is 7.23. The average molecular weight is 190 g/mol. The van der Waals surface area contributed by atoms with Crippen molar-refractivity contribution >= 4 is 16.2 Å². The highest BCUT2D eigenvalue weighted by molar-refractivity contribution is 7.90. The van der Waals surface area contributed by atoms with Gasteiger partial charge < -0.3 is 4.90 Å². The van der Waals surface area contributed by atoms with E-state index in [2.05, 4.69) is 4.99 Å². The predicted molar refractivity (Wildman–Crippen MR) is 49.3 cm³/mol. The molecule has 0 aliphatic carbocycles. The van der Waals surface area contributed by atoms with Crippen molar-refractivity contribution < 1.29 is 8.42 Å². The molecule has 70 valence electrons. The van der Waals surface area contributed by atoms with Crippen LogP contribution in [0.1, 0.15) is 6.42 Å². The summed E-state index contributed by atoms with van der Waals surface area (Å²) >= 11 is 0. The van der Waals surface area contributed by atoms with Crippen molar-refractivity contribution in [2.24, 2.45) is 4.99 Å². The summed E-state index contributed by atoms with van der Waals surface area (Å²) in [6, 6.07) is 0. The van der Waals surface area contributed by atoms with Crippen molar-refractivity contribution in [3.8, 4) is 0 Å². The molecule has 0 aromatic carbocycles. The van der Waals surface area contributed by atoms with Gasteiger partial charge >= 0.3 is 0 Å². The Morgan fingerprint density at radius 2 is 2.33 bits per heavy atom. The number of nitrogens with zero attached hydrogens (tertiary/aromatic N) is 2. The highest BCUT2D eigenvalue weighted by Gasteiger charge is 2.06. The van der Waals surface area contributed by atoms with Crippen LogP contribution in [-0.2, 0) is 9.84 Å². The van der Waals surface area contributed by atoms with Crippen LogP contribution in [0.2, 0.25) is 0 Å². The van der Waals surface area contributed by atoms with Crippen molar-refractivity contribution in [1.82, 2.24) is 4.90 Å². The SMILES string of the molecule is CS(=O)(=O)CCCN1C=NCC1. The van der Waals surface area contributed by atoms with Gasteiger partial charge in [-0.1, -0.05) is 0 Å². The molecule has 12 heavy (non-hydrogen) atoms. The monoisotopic (exact) mass is 190 g/mol. The van der Waals surface area contributed by atoms with Crippen molar-refractivity contribution in [2.45, 2.75) is 6.42 Å². The lowest BCUT2D eigenvalue weighted by Gasteiger charge is -2.12. The molecule has 1 rings (SSSR count). The van der Waals surface area contributed by atoms with Gasteiger partial charge in [-0.25, -0.2) is 8.42 Å². The van der Waals surface area contributed by atoms with Crippen LogP contribution in [0.15, 0.2) is 4.99 Å². The molecule has 0 aromatic heterocycles. The summed E-state index contributed by atoms with van der Waals surface area (Å²) in [7, 11) is -2.79. The smallest absolute Gasteiger partial charge is 0.147 e. The van der Waals surface area contributed by atoms with Gasteiger partial charge in [0.1, 0.15) is 9.84 Å². The second-order valence-electron chi connectivity index (χ2n) is 3.04. The molecule has 0 fully saturated rings. The third-order valence-corrected chi connectivity index (χ3v) is 2.75. The fourth-order valence-corrected chi connectivity index (χ4v) is 1.77. The number of sulfone groups is 1. The molecular formula is C7H14N2O2S. The minimum absolute atomic E-state index is 0.275. The molecule has 1 aliphatic rings. The first-order valence-electron chi connectivity index (χ1n) is 4.00. The second kappa shape index (κ2) is 3.89. The lowest BCUT2D eigenvalue weighted by molar-refractivity contribution is 0.465. The first-order valence-corrected chi connectivity index (χ1v) is 6.06. The summed E-state index contributed by atoms with van der Waals surface area (Å²) in [4.78, 5) is 6.08. The molecule has 0 bridgehead atoms. The highest BCUT2D eigenvalue weighted by atomic mass is 32.2. The highest BCUT2D eigenvalue weighted by Crippen LogP contribution is 1.96. The van der Waals surface area contributed by atoms with Crippen molar-refractivity contribution in [1.29, 1.82) is 0 Å². The normalized spacial score (nSPS) is 17.2. The van der Waals surface area contributed by atoms with Gasteiger partial charge in [-0.2, -0.15) is 0 Å². The summed E-state index contributed by atoms with van der Waals surface area (Å²) in [6.07, 6.45) is 3.76. The number of hydrogen-bond acceptors (Lipinski definition) is 4. The molecule has 0 amide bonds. The Morgan fingerprint density at radius 1 is 1.58 bits per heavy atom. The van der Waals surface area contributed by atoms with Crippen LogP contribution >= 0.6 is 0 Å². The largest absolute Gasteiger partial charge is 0.361 e. The molecular weight excluding hydrogens is 176 g/mol. The Hall–Kier alpha value is -0.580. The number of rotatable bonds is 4. The van der Waals surface area contributed by atoms with Crippen molar-refractivity contribution in [3.63, 3.8) is 0 Å². The van der Waals surface area contributed by atoms with Gasteiger partial charge in [0.2, 0.25) is 0 Å². The van der Waals surface area contributed by atoms with E-state index in [1.807, 2.05) is 4.90 Å². The minimum Gasteiger partial charge on any atom is -0.361 e. The molecule has 0 aromatic rings. The van der Waals surface area contributed by atoms with Crippen LogP contribution in [0.25, 0.3) is 0 Å². The molecule has 0 radical (unpaired) electrons. The summed E-state index contributed by atoms with van der Waals surface area (Å²) < 4.78 is 21.5. The molecule has 0 atom stereocenters. The Balaban J connectivity index is 2.14. The van der Waals surface area contributed by atoms with E-state index in [4.69, 9.17) is 0 Å². The van der Waals surface area contributed by atoms with Crippen molar-refractivity contribution in [3.05, 3.63) is 0 Å². The molecule has 0 saturated carbocycles. The van der Waals surface area contributed by atoms with Gasteiger partial charge in [0.15, 0.2) is 0 Å². The Bertz CT molecular complexity index is 259. The van der Waals surface area contributed by atoms with Crippen LogP contribution in [0.3, 0.4) is 0 Å². The lowest BCUT2D eigenvalue weighted by atomic mass is 10.4. The molecule has 1 heterocycles. The third kappa shape index (κ3) is 3.71. The van der Waals surface area contributed by atoms with Crippen molar-refractivity contribution in [2.75, 3.05) is 31.6 Å². The Kier molecular flexibility index (Phi) is 3.08. The van der Waals surface area contributed by atoms with Gasteiger partial charge in [-0.05, 0) is 6.42 Å². The fraction of sp³-hybridized carbons (Fsp3) is 0.857. The molecule has 1 aliphatic heterocycles. The maximum Gasteiger partial charge on any atom is 0.147 e. The van der Waals surface area contributed by atoms with Crippen LogP contribution in [-0.4, -0.2) is 51.3 Å². The standard InChI is InChI=1S/C7H14N2O2S/c1-12(10,11)6-2-4-9-5-3-8-7-9/h7H,2-6H2,1H3. The maximum atomic E-state index is 10.8. The van der Waals surface area contributed by atoms with Crippen LogP contribution in [0.5, 0.6) is 0 Å². The first kappa shape index (κ1) is 9.51. The van der Waals surface area contributed by atoms with Gasteiger partial charge in [0.05, 0.1) is 18.6 Å². The summed E-state index contributed by atoms with van der Waals surface area (Å²) in [5, 5.41) is 0. The summed E-state index contributed by atoms with van der Waals surface area (Å²) in [5.74, 6) is 0.275. The van der Waals surface area contributed by atoms with Crippen LogP contribution < -0.4 is 0 Å². The summed E-state index contributed by atoms with van der Waals surface area (Å²) in [6.45, 7) is 2.58. The Morgan fingerprint density at radius 3 is 2.83 bits per heavy atom. The molecule has 5 heteroatoms. The maximum absolute atomic E-state index is 10.8. The molecule has 0 spiro atoms. The third-order valence-electron chi connectivity index (χ3n) is 1.72. The van der Waals surface area contributed by atoms with Gasteiger partial charge in [-0.3, -0.25) is 4.99 Å². The molecule has 0 unspecified atom stereocenters. The van der Waals surface area contributed by atoms with Gasteiger partial charge in [0, 0.05) is 19.3 Å². The van der Waals surface area contributed by atoms with E-state index in [-0.39, 0.29) is 5.75 Å². The second-order valence-corrected chi connectivity index (χ2v) is 5.30. The molecule has 0 N–H and O–H groups in total. The van der Waals surface area contributed by atoms with E-state index in [1.54, 1.807) is 6.34 Å². The van der Waals surface area contributed by atoms with E-state index in [9.17, 15) is 8.42 Å². The summed E-state index contributed by atoms with van der Waals surface area (Å²) in [5.41, 5.74) is 0. The van der Waals surface area contributed by atoms with E-state index in [1.165, 1.54) is 6.26 Å². The fourth-order valence-electron chi connectivity index (χ4n) is 1.12. The van der Waals surface area contributed by atoms with E-state index in [0.29, 0.717) is 6.42 Å². The predicted octanol–water partition coefficient (Wildman–Crippen LogP) is -0.235. The van der Waals surface area contributed by atoms with E-state index >= 15 is 0 Å². The van der Waals surface area contributed by atoms with Crippen LogP contribution in [0, 0.1) is 0 Å². The Labute approximate surface area is 73.2 Å². The topological polar surface area (TPSA) is 49.7 Å². The van der Waals surface area contributed by atoms with E-state index < -0.39 is 9.84 Å². The number of hydrogen-bond donors (Lipinski definition) is 0. The zero-order chi connectivity index (χ0) is 9.03. The van der Waals surface area contributed by atoms with Gasteiger partial charge in [0.25, 0.3) is 0 Å². The van der Waals surface area contributed by atoms with Gasteiger partial charge in [-0.15, -0.1) is 0 Å². The first-order chi connectivity index (χ1) is 5.58. The molecule has 0 saturated heterocycles. The average Bonchev–Trinajstić information content (AvgIpc) is 2.36. The quantitative estimate of drug-likeness (QED) is 0.615. The number of aliphatic imine (C=N–C) groups is 1. The molecule has 4 nitrogen and oxygen atoms in total. The zero-order valence-corrected chi connectivity index (χ0v) is 8.05. The lowest BCUT2D eigenvalue weighted by Crippen LogP contribution is -2.22. The van der Waals surface area contributed by atoms with Crippen LogP contribution in [0.4, 0.5) is 0 Å². The van der Waals surface area contributed by atoms with E-state index in [0.717, 1.165) is 19.6 Å².